The molecular weight excluding hydrogens is 404 g/mol. The second-order valence-electron chi connectivity index (χ2n) is 7.43. The third-order valence-electron chi connectivity index (χ3n) is 4.86. The molecule has 0 saturated heterocycles. The monoisotopic (exact) mass is 432 g/mol. The number of carbonyl (C=O) groups excluding carboxylic acids is 1. The molecule has 1 amide bonds. The smallest absolute Gasteiger partial charge is 0.263 e. The number of ether oxygens (including phenoxy) is 2. The molecule has 0 heterocycles. The quantitative estimate of drug-likeness (QED) is 0.347. The predicted octanol–water partition coefficient (Wildman–Crippen LogP) is 4.59. The summed E-state index contributed by atoms with van der Waals surface area (Å²) >= 11 is 0. The second kappa shape index (κ2) is 11.6. The lowest BCUT2D eigenvalue weighted by atomic mass is 10.1. The first-order valence-corrected chi connectivity index (χ1v) is 10.3. The number of likely N-dealkylation sites (N-methyl/N-ethyl adjacent to an activating group) is 1. The van der Waals surface area contributed by atoms with Crippen molar-refractivity contribution in [1.82, 2.24) is 4.90 Å². The normalized spacial score (nSPS) is 10.7. The minimum absolute atomic E-state index is 0.131. The van der Waals surface area contributed by atoms with Gasteiger partial charge in [-0.05, 0) is 36.2 Å². The Balaban J connectivity index is 1.48. The third kappa shape index (κ3) is 6.87. The van der Waals surface area contributed by atoms with Crippen molar-refractivity contribution in [3.63, 3.8) is 0 Å². The Morgan fingerprint density at radius 3 is 2.44 bits per heavy atom. The molecule has 0 aromatic heterocycles. The number of nitrogens with zero attached hydrogens (tertiary/aromatic N) is 2. The van der Waals surface area contributed by atoms with Crippen molar-refractivity contribution in [2.75, 3.05) is 20.8 Å². The maximum Gasteiger partial charge on any atom is 0.263 e. The highest BCUT2D eigenvalue weighted by atomic mass is 16.6. The highest BCUT2D eigenvalue weighted by Crippen LogP contribution is 2.28. The number of benzene rings is 3. The summed E-state index contributed by atoms with van der Waals surface area (Å²) < 4.78 is 11.3. The number of rotatable bonds is 10. The van der Waals surface area contributed by atoms with E-state index in [2.05, 4.69) is 5.16 Å². The van der Waals surface area contributed by atoms with Crippen LogP contribution in [-0.4, -0.2) is 37.8 Å². The van der Waals surface area contributed by atoms with Crippen LogP contribution in [0, 0.1) is 6.92 Å². The van der Waals surface area contributed by atoms with Crippen LogP contribution in [0.4, 0.5) is 0 Å². The number of oxime groups is 1. The third-order valence-corrected chi connectivity index (χ3v) is 4.86. The maximum atomic E-state index is 12.3. The van der Waals surface area contributed by atoms with Crippen LogP contribution in [0.1, 0.15) is 22.3 Å². The van der Waals surface area contributed by atoms with Crippen LogP contribution in [0.25, 0.3) is 0 Å². The van der Waals surface area contributed by atoms with Crippen LogP contribution in [0.15, 0.2) is 78.0 Å². The molecule has 0 bridgehead atoms. The molecule has 0 spiro atoms. The molecule has 6 nitrogen and oxygen atoms in total. The summed E-state index contributed by atoms with van der Waals surface area (Å²) in [5, 5.41) is 3.91. The summed E-state index contributed by atoms with van der Waals surface area (Å²) in [6.45, 7) is 2.87. The zero-order valence-electron chi connectivity index (χ0n) is 18.7. The van der Waals surface area contributed by atoms with Crippen molar-refractivity contribution < 1.29 is 19.1 Å². The summed E-state index contributed by atoms with van der Waals surface area (Å²) in [5.74, 6) is 1.09. The van der Waals surface area contributed by atoms with Gasteiger partial charge in [0.1, 0.15) is 6.61 Å². The van der Waals surface area contributed by atoms with Gasteiger partial charge >= 0.3 is 0 Å². The van der Waals surface area contributed by atoms with Crippen molar-refractivity contribution in [2.45, 2.75) is 20.1 Å². The summed E-state index contributed by atoms with van der Waals surface area (Å²) in [6.07, 6.45) is 1.54. The van der Waals surface area contributed by atoms with E-state index in [4.69, 9.17) is 14.3 Å². The molecule has 32 heavy (non-hydrogen) atoms. The van der Waals surface area contributed by atoms with Gasteiger partial charge in [0, 0.05) is 19.2 Å². The number of hydrogen-bond donors (Lipinski definition) is 0. The first-order valence-electron chi connectivity index (χ1n) is 10.3. The Bertz CT molecular complexity index is 1030. The van der Waals surface area contributed by atoms with Crippen molar-refractivity contribution in [1.29, 1.82) is 0 Å². The summed E-state index contributed by atoms with van der Waals surface area (Å²) in [7, 11) is 3.33. The minimum atomic E-state index is -0.148. The molecule has 0 atom stereocenters. The SMILES string of the molecule is COc1cc(/C=N/OCC(=O)N(C)Cc2ccc(C)cc2)ccc1OCc1ccccc1. The van der Waals surface area contributed by atoms with Crippen LogP contribution >= 0.6 is 0 Å². The molecule has 0 aliphatic rings. The average Bonchev–Trinajstić information content (AvgIpc) is 2.82. The fourth-order valence-electron chi connectivity index (χ4n) is 2.98. The van der Waals surface area contributed by atoms with E-state index in [9.17, 15) is 4.79 Å². The number of aryl methyl sites for hydroxylation is 1. The van der Waals surface area contributed by atoms with Crippen LogP contribution < -0.4 is 9.47 Å². The van der Waals surface area contributed by atoms with Gasteiger partial charge in [0.05, 0.1) is 13.3 Å². The molecule has 3 aromatic carbocycles. The molecular formula is C26H28N2O4. The Kier molecular flexibility index (Phi) is 8.26. The van der Waals surface area contributed by atoms with Crippen molar-refractivity contribution in [3.05, 3.63) is 95.1 Å². The first kappa shape index (κ1) is 22.9. The Hall–Kier alpha value is -3.80. The van der Waals surface area contributed by atoms with Crippen molar-refractivity contribution in [2.24, 2.45) is 5.16 Å². The van der Waals surface area contributed by atoms with E-state index in [1.807, 2.05) is 73.7 Å². The van der Waals surface area contributed by atoms with Gasteiger partial charge in [0.15, 0.2) is 18.1 Å². The van der Waals surface area contributed by atoms with Gasteiger partial charge in [-0.15, -0.1) is 0 Å². The molecule has 0 N–H and O–H groups in total. The van der Waals surface area contributed by atoms with Gasteiger partial charge in [0.25, 0.3) is 5.91 Å². The highest BCUT2D eigenvalue weighted by Gasteiger charge is 2.10. The van der Waals surface area contributed by atoms with Crippen LogP contribution in [0.2, 0.25) is 0 Å². The van der Waals surface area contributed by atoms with Crippen LogP contribution in [0.5, 0.6) is 11.5 Å². The molecule has 0 saturated carbocycles. The number of amides is 1. The van der Waals surface area contributed by atoms with Gasteiger partial charge in [-0.25, -0.2) is 0 Å². The summed E-state index contributed by atoms with van der Waals surface area (Å²) in [5.41, 5.74) is 4.10. The molecule has 0 aliphatic carbocycles. The maximum absolute atomic E-state index is 12.3. The summed E-state index contributed by atoms with van der Waals surface area (Å²) in [4.78, 5) is 19.1. The number of hydrogen-bond acceptors (Lipinski definition) is 5. The van der Waals surface area contributed by atoms with E-state index in [0.717, 1.165) is 16.7 Å². The second-order valence-corrected chi connectivity index (χ2v) is 7.43. The summed E-state index contributed by atoms with van der Waals surface area (Å²) in [6, 6.07) is 23.5. The molecule has 0 fully saturated rings. The van der Waals surface area contributed by atoms with E-state index in [-0.39, 0.29) is 12.5 Å². The van der Waals surface area contributed by atoms with E-state index in [1.165, 1.54) is 11.8 Å². The highest BCUT2D eigenvalue weighted by molar-refractivity contribution is 5.81. The standard InChI is InChI=1S/C26H28N2O4/c1-20-9-11-21(12-10-20)17-28(2)26(29)19-32-27-16-23-13-14-24(25(15-23)30-3)31-18-22-7-5-4-6-8-22/h4-16H,17-19H2,1-3H3/b27-16+. The fourth-order valence-corrected chi connectivity index (χ4v) is 2.98. The van der Waals surface area contributed by atoms with Gasteiger partial charge < -0.3 is 19.2 Å². The number of methoxy groups -OCH3 is 1. The zero-order valence-corrected chi connectivity index (χ0v) is 18.7. The van der Waals surface area contributed by atoms with E-state index >= 15 is 0 Å². The fraction of sp³-hybridized carbons (Fsp3) is 0.231. The Labute approximate surface area is 189 Å². The minimum Gasteiger partial charge on any atom is -0.493 e. The van der Waals surface area contributed by atoms with Crippen molar-refractivity contribution in [3.8, 4) is 11.5 Å². The zero-order chi connectivity index (χ0) is 22.8. The first-order chi connectivity index (χ1) is 15.5. The average molecular weight is 433 g/mol. The van der Waals surface area contributed by atoms with Gasteiger partial charge in [-0.1, -0.05) is 65.3 Å². The van der Waals surface area contributed by atoms with Gasteiger partial charge in [0.2, 0.25) is 0 Å². The molecule has 166 valence electrons. The van der Waals surface area contributed by atoms with E-state index in [1.54, 1.807) is 25.1 Å². The predicted molar refractivity (Wildman–Crippen MR) is 125 cm³/mol. The van der Waals surface area contributed by atoms with E-state index < -0.39 is 0 Å². The molecule has 0 aliphatic heterocycles. The van der Waals surface area contributed by atoms with Crippen LogP contribution in [0.3, 0.4) is 0 Å². The Morgan fingerprint density at radius 1 is 0.969 bits per heavy atom. The van der Waals surface area contributed by atoms with Gasteiger partial charge in [-0.3, -0.25) is 4.79 Å². The largest absolute Gasteiger partial charge is 0.493 e. The lowest BCUT2D eigenvalue weighted by Gasteiger charge is -2.16. The van der Waals surface area contributed by atoms with Crippen LogP contribution in [-0.2, 0) is 22.8 Å². The lowest BCUT2D eigenvalue weighted by molar-refractivity contribution is -0.135. The van der Waals surface area contributed by atoms with Crippen molar-refractivity contribution >= 4 is 12.1 Å². The topological polar surface area (TPSA) is 60.4 Å². The lowest BCUT2D eigenvalue weighted by Crippen LogP contribution is -2.29. The molecule has 3 rings (SSSR count). The molecule has 3 aromatic rings. The Morgan fingerprint density at radius 2 is 1.72 bits per heavy atom. The number of carbonyl (C=O) groups is 1. The molecule has 0 radical (unpaired) electrons. The van der Waals surface area contributed by atoms with E-state index in [0.29, 0.717) is 24.7 Å². The molecule has 0 unspecified atom stereocenters. The van der Waals surface area contributed by atoms with Gasteiger partial charge in [-0.2, -0.15) is 0 Å². The molecule has 6 heteroatoms.